The molecule has 0 amide bonds. The lowest BCUT2D eigenvalue weighted by atomic mass is 10.9. The lowest BCUT2D eigenvalue weighted by molar-refractivity contribution is 1.05. The molecule has 0 radical (unpaired) electrons. The second-order valence-corrected chi connectivity index (χ2v) is 2.00. The summed E-state index contributed by atoms with van der Waals surface area (Å²) in [5, 5.41) is 1.71. The van der Waals surface area contributed by atoms with Gasteiger partial charge in [0.15, 0.2) is 0 Å². The first-order chi connectivity index (χ1) is 5.87. The van der Waals surface area contributed by atoms with E-state index in [0.717, 1.165) is 0 Å². The molecule has 0 aliphatic carbocycles. The molecule has 0 bridgehead atoms. The number of aromatic nitrogens is 3. The largest absolute Gasteiger partial charge is 0.357 e. The summed E-state index contributed by atoms with van der Waals surface area (Å²) in [6.45, 7) is -2.38. The molecule has 0 saturated heterocycles. The summed E-state index contributed by atoms with van der Waals surface area (Å²) >= 11 is 10.8. The van der Waals surface area contributed by atoms with Crippen LogP contribution >= 0.6 is 23.2 Å². The molecule has 1 aromatic heterocycles. The SMILES string of the molecule is [2H]C([2H])([2H])Nc1nc(Cl)nc(Cl)n1. The molecule has 1 rings (SSSR count). The zero-order valence-electron chi connectivity index (χ0n) is 7.60. The molecule has 0 aliphatic rings. The van der Waals surface area contributed by atoms with Crippen molar-refractivity contribution in [1.82, 2.24) is 15.0 Å². The van der Waals surface area contributed by atoms with Crippen LogP contribution in [0.2, 0.25) is 10.6 Å². The highest BCUT2D eigenvalue weighted by atomic mass is 35.5. The molecule has 6 heteroatoms. The van der Waals surface area contributed by atoms with Gasteiger partial charge in [0.2, 0.25) is 16.5 Å². The van der Waals surface area contributed by atoms with Crippen LogP contribution in [0.3, 0.4) is 0 Å². The van der Waals surface area contributed by atoms with Crippen molar-refractivity contribution in [3.8, 4) is 0 Å². The van der Waals surface area contributed by atoms with Gasteiger partial charge < -0.3 is 5.32 Å². The fourth-order valence-corrected chi connectivity index (χ4v) is 0.745. The Morgan fingerprint density at radius 3 is 2.40 bits per heavy atom. The van der Waals surface area contributed by atoms with Gasteiger partial charge in [-0.25, -0.2) is 0 Å². The van der Waals surface area contributed by atoms with E-state index in [1.807, 2.05) is 5.32 Å². The quantitative estimate of drug-likeness (QED) is 0.709. The lowest BCUT2D eigenvalue weighted by Gasteiger charge is -1.96. The molecule has 0 aliphatic heterocycles. The van der Waals surface area contributed by atoms with E-state index in [4.69, 9.17) is 27.3 Å². The highest BCUT2D eigenvalue weighted by Gasteiger charge is 1.98. The van der Waals surface area contributed by atoms with Crippen LogP contribution in [0.4, 0.5) is 5.95 Å². The first-order valence-corrected chi connectivity index (χ1v) is 2.98. The van der Waals surface area contributed by atoms with Crippen LogP contribution in [0.5, 0.6) is 0 Å². The highest BCUT2D eigenvalue weighted by Crippen LogP contribution is 2.08. The van der Waals surface area contributed by atoms with Gasteiger partial charge in [0.05, 0.1) is 0 Å². The molecule has 0 atom stereocenters. The maximum atomic E-state index is 6.85. The fourth-order valence-electron chi connectivity index (χ4n) is 0.382. The topological polar surface area (TPSA) is 50.7 Å². The maximum Gasteiger partial charge on any atom is 0.228 e. The van der Waals surface area contributed by atoms with Crippen molar-refractivity contribution in [1.29, 1.82) is 0 Å². The highest BCUT2D eigenvalue weighted by molar-refractivity contribution is 6.31. The van der Waals surface area contributed by atoms with Gasteiger partial charge in [-0.1, -0.05) is 0 Å². The number of nitrogens with one attached hydrogen (secondary N) is 1. The van der Waals surface area contributed by atoms with E-state index in [-0.39, 0.29) is 16.5 Å². The normalized spacial score (nSPS) is 15.2. The van der Waals surface area contributed by atoms with Crippen LogP contribution in [-0.2, 0) is 0 Å². The third-order valence-corrected chi connectivity index (χ3v) is 1.03. The van der Waals surface area contributed by atoms with Crippen molar-refractivity contribution in [3.05, 3.63) is 10.6 Å². The number of nitrogens with zero attached hydrogens (tertiary/aromatic N) is 3. The Hall–Kier alpha value is -0.610. The molecule has 0 saturated carbocycles. The van der Waals surface area contributed by atoms with Crippen LogP contribution in [-0.4, -0.2) is 21.9 Å². The van der Waals surface area contributed by atoms with Gasteiger partial charge in [-0.15, -0.1) is 0 Å². The fraction of sp³-hybridized carbons (Fsp3) is 0.250. The smallest absolute Gasteiger partial charge is 0.228 e. The van der Waals surface area contributed by atoms with Crippen LogP contribution in [0, 0.1) is 0 Å². The molecule has 0 spiro atoms. The minimum Gasteiger partial charge on any atom is -0.357 e. The summed E-state index contributed by atoms with van der Waals surface area (Å²) in [6.07, 6.45) is 0. The Labute approximate surface area is 71.8 Å². The van der Waals surface area contributed by atoms with Gasteiger partial charge in [0.1, 0.15) is 0 Å². The number of halogens is 2. The number of rotatable bonds is 1. The zero-order valence-corrected chi connectivity index (χ0v) is 6.11. The third kappa shape index (κ3) is 1.68. The molecule has 0 aromatic carbocycles. The van der Waals surface area contributed by atoms with E-state index >= 15 is 0 Å². The van der Waals surface area contributed by atoms with Gasteiger partial charge in [0, 0.05) is 11.1 Å². The van der Waals surface area contributed by atoms with Crippen LogP contribution in [0.25, 0.3) is 0 Å². The van der Waals surface area contributed by atoms with E-state index in [1.54, 1.807) is 0 Å². The zero-order chi connectivity index (χ0) is 10.1. The minimum absolute atomic E-state index is 0.160. The van der Waals surface area contributed by atoms with E-state index in [2.05, 4.69) is 15.0 Å². The molecule has 1 heterocycles. The second kappa shape index (κ2) is 2.98. The number of hydrogen-bond donors (Lipinski definition) is 1. The van der Waals surface area contributed by atoms with Crippen molar-refractivity contribution >= 4 is 29.2 Å². The van der Waals surface area contributed by atoms with Gasteiger partial charge in [-0.05, 0) is 23.2 Å². The Bertz CT molecular complexity index is 294. The molecule has 1 N–H and O–H groups in total. The lowest BCUT2D eigenvalue weighted by Crippen LogP contribution is -1.98. The molecule has 4 nitrogen and oxygen atoms in total. The average molecular weight is 182 g/mol. The maximum absolute atomic E-state index is 6.85. The Kier molecular flexibility index (Phi) is 1.29. The van der Waals surface area contributed by atoms with Crippen LogP contribution in [0.15, 0.2) is 0 Å². The molecule has 0 unspecified atom stereocenters. The molecule has 10 heavy (non-hydrogen) atoms. The average Bonchev–Trinajstić information content (AvgIpc) is 1.78. The first kappa shape index (κ1) is 4.31. The molecular weight excluding hydrogens is 175 g/mol. The van der Waals surface area contributed by atoms with Gasteiger partial charge >= 0.3 is 0 Å². The van der Waals surface area contributed by atoms with Crippen molar-refractivity contribution in [2.24, 2.45) is 0 Å². The third-order valence-electron chi connectivity index (χ3n) is 0.693. The standard InChI is InChI=1S/C4H4Cl2N4/c1-7-4-9-2(5)8-3(6)10-4/h1H3,(H,7,8,9,10)/i1D3. The predicted octanol–water partition coefficient (Wildman–Crippen LogP) is 1.22. The van der Waals surface area contributed by atoms with Crippen molar-refractivity contribution in [2.45, 2.75) is 0 Å². The number of hydrogen-bond acceptors (Lipinski definition) is 4. The Morgan fingerprint density at radius 1 is 1.30 bits per heavy atom. The second-order valence-electron chi connectivity index (χ2n) is 1.32. The van der Waals surface area contributed by atoms with Crippen molar-refractivity contribution < 1.29 is 4.11 Å². The predicted molar refractivity (Wildman–Crippen MR) is 39.4 cm³/mol. The summed E-state index contributed by atoms with van der Waals surface area (Å²) in [7, 11) is 0. The summed E-state index contributed by atoms with van der Waals surface area (Å²) in [5.41, 5.74) is 0. The van der Waals surface area contributed by atoms with E-state index < -0.39 is 6.98 Å². The van der Waals surface area contributed by atoms with Crippen LogP contribution < -0.4 is 5.32 Å². The Morgan fingerprint density at radius 2 is 1.90 bits per heavy atom. The molecular formula is C4H4Cl2N4. The summed E-state index contributed by atoms with van der Waals surface area (Å²) in [4.78, 5) is 10.5. The van der Waals surface area contributed by atoms with Crippen LogP contribution in [0.1, 0.15) is 4.11 Å². The van der Waals surface area contributed by atoms with Gasteiger partial charge in [-0.3, -0.25) is 0 Å². The van der Waals surface area contributed by atoms with E-state index in [0.29, 0.717) is 0 Å². The van der Waals surface area contributed by atoms with E-state index in [9.17, 15) is 0 Å². The molecule has 54 valence electrons. The first-order valence-electron chi connectivity index (χ1n) is 3.72. The number of anilines is 1. The summed E-state index contributed by atoms with van der Waals surface area (Å²) in [6, 6.07) is 0. The monoisotopic (exact) mass is 181 g/mol. The summed E-state index contributed by atoms with van der Waals surface area (Å²) in [5.74, 6) is -0.176. The van der Waals surface area contributed by atoms with Crippen molar-refractivity contribution in [2.75, 3.05) is 12.3 Å². The summed E-state index contributed by atoms with van der Waals surface area (Å²) < 4.78 is 20.5. The van der Waals surface area contributed by atoms with Gasteiger partial charge in [0.25, 0.3) is 0 Å². The minimum atomic E-state index is -2.38. The Balaban J connectivity index is 2.90. The van der Waals surface area contributed by atoms with E-state index in [1.165, 1.54) is 0 Å². The van der Waals surface area contributed by atoms with Crippen molar-refractivity contribution in [3.63, 3.8) is 0 Å². The molecule has 1 aromatic rings. The van der Waals surface area contributed by atoms with Gasteiger partial charge in [-0.2, -0.15) is 15.0 Å². The molecule has 0 fully saturated rings.